The van der Waals surface area contributed by atoms with Crippen LogP contribution in [0.15, 0.2) is 48.5 Å². The SMILES string of the molecule is [B]Cc1cc(C)c(OC(=O)c2cccc3c(C(=O)OC(CS(=O)(=O)O)(C(F)(F)F)C(F)(F)F)cccc23)c(C[B])c1. The van der Waals surface area contributed by atoms with E-state index in [1.165, 1.54) is 18.2 Å². The highest BCUT2D eigenvalue weighted by molar-refractivity contribution is 7.85. The number of ether oxygens (including phenoxy) is 2. The van der Waals surface area contributed by atoms with Gasteiger partial charge in [-0.2, -0.15) is 34.8 Å². The molecule has 0 amide bonds. The highest BCUT2D eigenvalue weighted by Gasteiger charge is 2.76. The average Bonchev–Trinajstić information content (AvgIpc) is 2.86. The van der Waals surface area contributed by atoms with Crippen LogP contribution in [0.5, 0.6) is 5.75 Å². The summed E-state index contributed by atoms with van der Waals surface area (Å²) in [5.41, 5.74) is -5.05. The fourth-order valence-corrected chi connectivity index (χ4v) is 5.00. The number of hydrogen-bond donors (Lipinski definition) is 1. The third kappa shape index (κ3) is 6.53. The Morgan fingerprint density at radius 1 is 0.854 bits per heavy atom. The third-order valence-electron chi connectivity index (χ3n) is 5.99. The molecule has 4 radical (unpaired) electrons. The summed E-state index contributed by atoms with van der Waals surface area (Å²) in [6, 6.07) is 9.91. The van der Waals surface area contributed by atoms with Gasteiger partial charge < -0.3 is 9.47 Å². The summed E-state index contributed by atoms with van der Waals surface area (Å²) in [6.07, 6.45) is -12.9. The average molecular weight is 598 g/mol. The Labute approximate surface area is 232 Å². The Morgan fingerprint density at radius 2 is 1.37 bits per heavy atom. The van der Waals surface area contributed by atoms with Crippen molar-refractivity contribution < 1.29 is 58.4 Å². The monoisotopic (exact) mass is 598 g/mol. The number of carbonyl (C=O) groups is 2. The fraction of sp³-hybridized carbons (Fsp3) is 0.280. The van der Waals surface area contributed by atoms with Gasteiger partial charge >= 0.3 is 29.9 Å². The van der Waals surface area contributed by atoms with Gasteiger partial charge in [0.05, 0.1) is 26.8 Å². The van der Waals surface area contributed by atoms with E-state index < -0.39 is 51.3 Å². The zero-order valence-corrected chi connectivity index (χ0v) is 21.8. The summed E-state index contributed by atoms with van der Waals surface area (Å²) in [5.74, 6) is -6.15. The second-order valence-electron chi connectivity index (χ2n) is 8.84. The number of halogens is 6. The molecular weight excluding hydrogens is 580 g/mol. The molecule has 0 aliphatic heterocycles. The number of esters is 2. The van der Waals surface area contributed by atoms with Crippen LogP contribution in [0.4, 0.5) is 26.3 Å². The minimum absolute atomic E-state index is 0.0352. The van der Waals surface area contributed by atoms with Gasteiger partial charge in [-0.05, 0) is 41.0 Å². The molecular formula is C25H18B2F6O7S. The van der Waals surface area contributed by atoms with Gasteiger partial charge in [0.25, 0.3) is 10.1 Å². The number of alkyl halides is 6. The lowest BCUT2D eigenvalue weighted by Gasteiger charge is -2.35. The van der Waals surface area contributed by atoms with Gasteiger partial charge in [-0.25, -0.2) is 9.59 Å². The standard InChI is InChI=1S/C25H18B2F6O7S/c1-13-8-14(10-26)9-15(11-27)20(13)39-21(34)18-6-2-5-17-16(18)4-3-7-19(17)22(35)40-23(24(28,29)30,25(31,32)33)12-41(36,37)38/h2-9H,10-12H2,1H3,(H,36,37,38). The molecule has 0 saturated heterocycles. The minimum Gasteiger partial charge on any atom is -0.435 e. The molecule has 1 N–H and O–H groups in total. The second-order valence-corrected chi connectivity index (χ2v) is 10.3. The maximum atomic E-state index is 13.7. The van der Waals surface area contributed by atoms with Crippen molar-refractivity contribution >= 4 is 48.5 Å². The zero-order chi connectivity index (χ0) is 31.0. The van der Waals surface area contributed by atoms with Gasteiger partial charge in [0, 0.05) is 0 Å². The molecule has 0 aliphatic carbocycles. The lowest BCUT2D eigenvalue weighted by atomic mass is 9.89. The van der Waals surface area contributed by atoms with E-state index >= 15 is 0 Å². The molecule has 0 unspecified atom stereocenters. The van der Waals surface area contributed by atoms with Crippen molar-refractivity contribution in [1.29, 1.82) is 0 Å². The number of aryl methyl sites for hydroxylation is 1. The first-order valence-electron chi connectivity index (χ1n) is 11.4. The van der Waals surface area contributed by atoms with Crippen LogP contribution < -0.4 is 4.74 Å². The molecule has 214 valence electrons. The van der Waals surface area contributed by atoms with E-state index in [-0.39, 0.29) is 34.7 Å². The summed E-state index contributed by atoms with van der Waals surface area (Å²) in [7, 11) is 5.43. The smallest absolute Gasteiger partial charge is 0.435 e. The molecule has 0 bridgehead atoms. The van der Waals surface area contributed by atoms with Crippen LogP contribution >= 0.6 is 0 Å². The number of benzene rings is 3. The fourth-order valence-electron chi connectivity index (χ4n) is 4.10. The molecule has 0 aromatic heterocycles. The van der Waals surface area contributed by atoms with E-state index in [0.717, 1.165) is 18.2 Å². The molecule has 16 heteroatoms. The Bertz CT molecular complexity index is 1590. The zero-order valence-electron chi connectivity index (χ0n) is 21.0. The van der Waals surface area contributed by atoms with E-state index in [0.29, 0.717) is 16.7 Å². The van der Waals surface area contributed by atoms with Crippen LogP contribution in [0.2, 0.25) is 0 Å². The molecule has 41 heavy (non-hydrogen) atoms. The summed E-state index contributed by atoms with van der Waals surface area (Å²) in [4.78, 5) is 25.9. The summed E-state index contributed by atoms with van der Waals surface area (Å²) >= 11 is 0. The predicted molar refractivity (Wildman–Crippen MR) is 136 cm³/mol. The van der Waals surface area contributed by atoms with Crippen molar-refractivity contribution in [3.63, 3.8) is 0 Å². The van der Waals surface area contributed by atoms with Gasteiger partial charge in [0.1, 0.15) is 11.5 Å². The first-order valence-corrected chi connectivity index (χ1v) is 13.0. The van der Waals surface area contributed by atoms with Crippen molar-refractivity contribution in [1.82, 2.24) is 0 Å². The van der Waals surface area contributed by atoms with Crippen LogP contribution in [0.25, 0.3) is 10.8 Å². The number of fused-ring (bicyclic) bond motifs is 1. The molecule has 0 heterocycles. The van der Waals surface area contributed by atoms with Gasteiger partial charge in [-0.15, -0.1) is 0 Å². The molecule has 0 fully saturated rings. The van der Waals surface area contributed by atoms with Crippen molar-refractivity contribution in [2.45, 2.75) is 37.5 Å². The first kappa shape index (κ1) is 32.0. The van der Waals surface area contributed by atoms with Crippen LogP contribution in [-0.2, 0) is 27.5 Å². The predicted octanol–water partition coefficient (Wildman–Crippen LogP) is 4.61. The molecule has 3 aromatic rings. The van der Waals surface area contributed by atoms with Crippen LogP contribution in [0.3, 0.4) is 0 Å². The Balaban J connectivity index is 2.10. The molecule has 0 aliphatic rings. The highest BCUT2D eigenvalue weighted by atomic mass is 32.2. The van der Waals surface area contributed by atoms with Crippen LogP contribution in [0.1, 0.15) is 37.4 Å². The summed E-state index contributed by atoms with van der Waals surface area (Å²) < 4.78 is 122. The highest BCUT2D eigenvalue weighted by Crippen LogP contribution is 2.47. The molecule has 3 rings (SSSR count). The van der Waals surface area contributed by atoms with E-state index in [1.807, 2.05) is 0 Å². The van der Waals surface area contributed by atoms with E-state index in [2.05, 4.69) is 4.74 Å². The third-order valence-corrected chi connectivity index (χ3v) is 6.76. The van der Waals surface area contributed by atoms with Gasteiger partial charge in [0.15, 0.2) is 0 Å². The van der Waals surface area contributed by atoms with E-state index in [4.69, 9.17) is 25.0 Å². The van der Waals surface area contributed by atoms with Crippen LogP contribution in [0, 0.1) is 6.92 Å². The van der Waals surface area contributed by atoms with E-state index in [9.17, 15) is 44.3 Å². The maximum absolute atomic E-state index is 13.7. The van der Waals surface area contributed by atoms with Crippen molar-refractivity contribution in [2.24, 2.45) is 0 Å². The normalized spacial score (nSPS) is 12.8. The Hall–Kier alpha value is -3.52. The Morgan fingerprint density at radius 3 is 1.80 bits per heavy atom. The quantitative estimate of drug-likeness (QED) is 0.133. The Kier molecular flexibility index (Phi) is 8.89. The van der Waals surface area contributed by atoms with Crippen molar-refractivity contribution in [3.8, 4) is 5.75 Å². The maximum Gasteiger partial charge on any atom is 0.438 e. The van der Waals surface area contributed by atoms with Gasteiger partial charge in [-0.3, -0.25) is 4.55 Å². The second kappa shape index (κ2) is 11.4. The topological polar surface area (TPSA) is 107 Å². The van der Waals surface area contributed by atoms with Crippen molar-refractivity contribution in [2.75, 3.05) is 5.75 Å². The minimum atomic E-state index is -6.51. The van der Waals surface area contributed by atoms with Crippen LogP contribution in [-0.4, -0.2) is 64.3 Å². The van der Waals surface area contributed by atoms with Gasteiger partial charge in [-0.1, -0.05) is 54.6 Å². The number of hydrogen-bond acceptors (Lipinski definition) is 6. The van der Waals surface area contributed by atoms with Crippen molar-refractivity contribution in [3.05, 3.63) is 76.3 Å². The summed E-state index contributed by atoms with van der Waals surface area (Å²) in [6.45, 7) is 1.62. The van der Waals surface area contributed by atoms with Gasteiger partial charge in [0.2, 0.25) is 0 Å². The molecule has 3 aromatic carbocycles. The largest absolute Gasteiger partial charge is 0.438 e. The lowest BCUT2D eigenvalue weighted by molar-refractivity contribution is -0.356. The molecule has 0 spiro atoms. The van der Waals surface area contributed by atoms with E-state index in [1.54, 1.807) is 19.1 Å². The molecule has 0 saturated carbocycles. The lowest BCUT2D eigenvalue weighted by Crippen LogP contribution is -2.63. The number of carbonyl (C=O) groups excluding carboxylic acids is 2. The molecule has 7 nitrogen and oxygen atoms in total. The molecule has 0 atom stereocenters. The first-order chi connectivity index (χ1) is 18.8. The number of rotatable bonds is 8. The summed E-state index contributed by atoms with van der Waals surface area (Å²) in [5, 5.41) is -0.428.